The first kappa shape index (κ1) is 19.0. The first-order valence-corrected chi connectivity index (χ1v) is 9.09. The van der Waals surface area contributed by atoms with Crippen LogP contribution in [-0.2, 0) is 11.3 Å². The van der Waals surface area contributed by atoms with Crippen LogP contribution >= 0.6 is 11.6 Å². The molecule has 0 radical (unpaired) electrons. The van der Waals surface area contributed by atoms with Crippen molar-refractivity contribution in [2.75, 3.05) is 36.4 Å². The lowest BCUT2D eigenvalue weighted by atomic mass is 10.1. The van der Waals surface area contributed by atoms with Gasteiger partial charge in [-0.1, -0.05) is 23.7 Å². The van der Waals surface area contributed by atoms with Crippen molar-refractivity contribution in [3.63, 3.8) is 0 Å². The summed E-state index contributed by atoms with van der Waals surface area (Å²) in [4.78, 5) is 25.8. The molecule has 1 aliphatic rings. The molecule has 0 atom stereocenters. The van der Waals surface area contributed by atoms with E-state index in [9.17, 15) is 14.9 Å². The number of carbonyl (C=O) groups is 1. The molecule has 0 saturated carbocycles. The molecule has 0 spiro atoms. The van der Waals surface area contributed by atoms with Crippen LogP contribution in [-0.4, -0.2) is 41.9 Å². The average molecular weight is 389 g/mol. The number of rotatable bonds is 5. The van der Waals surface area contributed by atoms with E-state index in [2.05, 4.69) is 22.3 Å². The van der Waals surface area contributed by atoms with Gasteiger partial charge in [-0.15, -0.1) is 0 Å². The highest BCUT2D eigenvalue weighted by Crippen LogP contribution is 2.27. The largest absolute Gasteiger partial charge is 0.380 e. The molecule has 0 unspecified atom stereocenters. The molecule has 142 valence electrons. The van der Waals surface area contributed by atoms with E-state index < -0.39 is 4.92 Å². The summed E-state index contributed by atoms with van der Waals surface area (Å²) in [6, 6.07) is 12.6. The van der Waals surface area contributed by atoms with Crippen molar-refractivity contribution in [3.8, 4) is 0 Å². The van der Waals surface area contributed by atoms with Crippen molar-refractivity contribution in [1.82, 2.24) is 4.90 Å². The molecule has 1 fully saturated rings. The number of piperazine rings is 1. The minimum absolute atomic E-state index is 0.0280. The minimum Gasteiger partial charge on any atom is -0.380 e. The smallest absolute Gasteiger partial charge is 0.271 e. The Balaban J connectivity index is 1.57. The van der Waals surface area contributed by atoms with Crippen molar-refractivity contribution < 1.29 is 9.72 Å². The predicted molar refractivity (Wildman–Crippen MR) is 106 cm³/mol. The molecule has 1 saturated heterocycles. The number of anilines is 2. The van der Waals surface area contributed by atoms with Crippen molar-refractivity contribution in [2.24, 2.45) is 0 Å². The summed E-state index contributed by atoms with van der Waals surface area (Å²) in [5.41, 5.74) is 2.84. The topological polar surface area (TPSA) is 78.7 Å². The molecular formula is C19H21ClN4O3. The molecular weight excluding hydrogens is 368 g/mol. The number of nitrogens with zero attached hydrogens (tertiary/aromatic N) is 3. The maximum absolute atomic E-state index is 11.4. The van der Waals surface area contributed by atoms with Crippen LogP contribution in [0.25, 0.3) is 0 Å². The molecule has 0 bridgehead atoms. The van der Waals surface area contributed by atoms with E-state index in [0.29, 0.717) is 17.3 Å². The second kappa shape index (κ2) is 8.26. The molecule has 0 aliphatic carbocycles. The maximum Gasteiger partial charge on any atom is 0.271 e. The van der Waals surface area contributed by atoms with E-state index >= 15 is 0 Å². The first-order chi connectivity index (χ1) is 12.9. The van der Waals surface area contributed by atoms with E-state index in [0.717, 1.165) is 37.4 Å². The number of amides is 1. The zero-order valence-corrected chi connectivity index (χ0v) is 15.8. The highest BCUT2D eigenvalue weighted by molar-refractivity contribution is 6.33. The highest BCUT2D eigenvalue weighted by atomic mass is 35.5. The van der Waals surface area contributed by atoms with Crippen LogP contribution in [0.2, 0.25) is 5.02 Å². The fraction of sp³-hybridized carbons (Fsp3) is 0.316. The molecule has 1 amide bonds. The second-order valence-corrected chi connectivity index (χ2v) is 6.84. The third-order valence-electron chi connectivity index (χ3n) is 4.67. The van der Waals surface area contributed by atoms with Gasteiger partial charge in [0.15, 0.2) is 0 Å². The lowest BCUT2D eigenvalue weighted by Crippen LogP contribution is -2.48. The lowest BCUT2D eigenvalue weighted by molar-refractivity contribution is -0.384. The summed E-state index contributed by atoms with van der Waals surface area (Å²) < 4.78 is 0. The van der Waals surface area contributed by atoms with Crippen LogP contribution < -0.4 is 10.2 Å². The number of non-ortho nitro benzene ring substituents is 1. The third-order valence-corrected chi connectivity index (χ3v) is 4.99. The van der Waals surface area contributed by atoms with Crippen LogP contribution in [0, 0.1) is 10.1 Å². The molecule has 3 rings (SSSR count). The Bertz CT molecular complexity index is 833. The van der Waals surface area contributed by atoms with Crippen LogP contribution in [0.15, 0.2) is 42.5 Å². The van der Waals surface area contributed by atoms with Crippen LogP contribution in [0.5, 0.6) is 0 Å². The lowest BCUT2D eigenvalue weighted by Gasteiger charge is -2.35. The van der Waals surface area contributed by atoms with E-state index in [1.54, 1.807) is 13.0 Å². The van der Waals surface area contributed by atoms with Crippen LogP contribution in [0.1, 0.15) is 12.5 Å². The van der Waals surface area contributed by atoms with Crippen LogP contribution in [0.4, 0.5) is 17.1 Å². The SMILES string of the molecule is CC(=O)N1CCN(c2ccc(CNc3ccc([N+](=O)[O-])cc3Cl)cc2)CC1. The Labute approximate surface area is 162 Å². The van der Waals surface area contributed by atoms with Crippen LogP contribution in [0.3, 0.4) is 0 Å². The van der Waals surface area contributed by atoms with Gasteiger partial charge in [0.25, 0.3) is 5.69 Å². The number of hydrogen-bond donors (Lipinski definition) is 1. The Kier molecular flexibility index (Phi) is 5.81. The van der Waals surface area contributed by atoms with Gasteiger partial charge in [-0.2, -0.15) is 0 Å². The predicted octanol–water partition coefficient (Wildman–Crippen LogP) is 3.53. The quantitative estimate of drug-likeness (QED) is 0.626. The molecule has 2 aromatic carbocycles. The van der Waals surface area contributed by atoms with Gasteiger partial charge in [0, 0.05) is 57.5 Å². The molecule has 1 heterocycles. The first-order valence-electron chi connectivity index (χ1n) is 8.71. The monoisotopic (exact) mass is 388 g/mol. The van der Waals surface area contributed by atoms with Gasteiger partial charge in [0.05, 0.1) is 15.6 Å². The normalized spacial score (nSPS) is 14.1. The van der Waals surface area contributed by atoms with Gasteiger partial charge in [-0.3, -0.25) is 14.9 Å². The number of carbonyl (C=O) groups excluding carboxylic acids is 1. The number of nitro groups is 1. The van der Waals surface area contributed by atoms with E-state index in [1.807, 2.05) is 17.0 Å². The van der Waals surface area contributed by atoms with Gasteiger partial charge in [-0.25, -0.2) is 0 Å². The summed E-state index contributed by atoms with van der Waals surface area (Å²) in [7, 11) is 0. The standard InChI is InChI=1S/C19H21ClN4O3/c1-14(25)22-8-10-23(11-9-22)16-4-2-15(3-5-16)13-21-19-7-6-17(24(26)27)12-18(19)20/h2-7,12,21H,8-11,13H2,1H3. The Morgan fingerprint density at radius 1 is 1.15 bits per heavy atom. The summed E-state index contributed by atoms with van der Waals surface area (Å²) in [6.45, 7) is 5.32. The zero-order valence-electron chi connectivity index (χ0n) is 15.0. The van der Waals surface area contributed by atoms with Crippen molar-refractivity contribution in [3.05, 3.63) is 63.2 Å². The third kappa shape index (κ3) is 4.68. The number of nitrogens with one attached hydrogen (secondary N) is 1. The van der Waals surface area contributed by atoms with Gasteiger partial charge < -0.3 is 15.1 Å². The average Bonchev–Trinajstić information content (AvgIpc) is 2.67. The highest BCUT2D eigenvalue weighted by Gasteiger charge is 2.18. The molecule has 7 nitrogen and oxygen atoms in total. The van der Waals surface area contributed by atoms with E-state index in [1.165, 1.54) is 12.1 Å². The Morgan fingerprint density at radius 3 is 2.37 bits per heavy atom. The minimum atomic E-state index is -0.468. The molecule has 2 aromatic rings. The summed E-state index contributed by atoms with van der Waals surface area (Å²) in [5, 5.41) is 14.3. The summed E-state index contributed by atoms with van der Waals surface area (Å²) in [5.74, 6) is 0.126. The fourth-order valence-corrected chi connectivity index (χ4v) is 3.30. The van der Waals surface area contributed by atoms with Crippen molar-refractivity contribution >= 4 is 34.6 Å². The van der Waals surface area contributed by atoms with E-state index in [-0.39, 0.29) is 11.6 Å². The maximum atomic E-state index is 11.4. The van der Waals surface area contributed by atoms with Gasteiger partial charge in [0.1, 0.15) is 0 Å². The number of benzene rings is 2. The Hall–Kier alpha value is -2.80. The van der Waals surface area contributed by atoms with Gasteiger partial charge >= 0.3 is 0 Å². The van der Waals surface area contributed by atoms with Gasteiger partial charge in [0.2, 0.25) is 5.91 Å². The van der Waals surface area contributed by atoms with Gasteiger partial charge in [-0.05, 0) is 23.8 Å². The molecule has 8 heteroatoms. The van der Waals surface area contributed by atoms with Crippen molar-refractivity contribution in [2.45, 2.75) is 13.5 Å². The number of nitro benzene ring substituents is 1. The second-order valence-electron chi connectivity index (χ2n) is 6.43. The molecule has 0 aromatic heterocycles. The Morgan fingerprint density at radius 2 is 1.81 bits per heavy atom. The number of halogens is 1. The van der Waals surface area contributed by atoms with Crippen molar-refractivity contribution in [1.29, 1.82) is 0 Å². The summed E-state index contributed by atoms with van der Waals surface area (Å²) in [6.07, 6.45) is 0. The zero-order chi connectivity index (χ0) is 19.4. The summed E-state index contributed by atoms with van der Waals surface area (Å²) >= 11 is 6.10. The molecule has 1 N–H and O–H groups in total. The van der Waals surface area contributed by atoms with E-state index in [4.69, 9.17) is 11.6 Å². The number of hydrogen-bond acceptors (Lipinski definition) is 5. The molecule has 1 aliphatic heterocycles. The fourth-order valence-electron chi connectivity index (χ4n) is 3.06. The molecule has 27 heavy (non-hydrogen) atoms.